The van der Waals surface area contributed by atoms with Gasteiger partial charge in [0.25, 0.3) is 0 Å². The predicted octanol–water partition coefficient (Wildman–Crippen LogP) is 1.87. The Morgan fingerprint density at radius 2 is 2.25 bits per heavy atom. The van der Waals surface area contributed by atoms with Gasteiger partial charge >= 0.3 is 5.97 Å². The second-order valence-corrected chi connectivity index (χ2v) is 6.45. The first-order valence-electron chi connectivity index (χ1n) is 3.51. The predicted molar refractivity (Wildman–Crippen MR) is 56.4 cm³/mol. The van der Waals surface area contributed by atoms with Crippen molar-refractivity contribution in [3.8, 4) is 0 Å². The van der Waals surface area contributed by atoms with Gasteiger partial charge in [0.1, 0.15) is 5.25 Å². The van der Waals surface area contributed by atoms with E-state index >= 15 is 0 Å². The molecule has 6 heteroatoms. The standard InChI is InChI=1S/C6H12O3S3/c1-2-3-10-12-11-5(4-7)6(8)9/h5,7H,2-4H2,1H3,(H,8,9). The van der Waals surface area contributed by atoms with E-state index in [1.54, 1.807) is 10.8 Å². The van der Waals surface area contributed by atoms with Crippen LogP contribution in [-0.2, 0) is 4.79 Å². The highest BCUT2D eigenvalue weighted by atomic mass is 33.5. The molecular formula is C6H12O3S3. The van der Waals surface area contributed by atoms with Crippen molar-refractivity contribution in [2.75, 3.05) is 12.4 Å². The van der Waals surface area contributed by atoms with Crippen LogP contribution in [0.4, 0.5) is 0 Å². The minimum absolute atomic E-state index is 0.306. The molecule has 0 aromatic carbocycles. The second kappa shape index (κ2) is 8.10. The molecule has 0 rings (SSSR count). The number of carboxylic acids is 1. The average Bonchev–Trinajstić information content (AvgIpc) is 2.04. The summed E-state index contributed by atoms with van der Waals surface area (Å²) >= 11 is 0. The first-order chi connectivity index (χ1) is 5.72. The van der Waals surface area contributed by atoms with E-state index in [9.17, 15) is 4.79 Å². The van der Waals surface area contributed by atoms with Gasteiger partial charge in [-0.15, -0.1) is 0 Å². The van der Waals surface area contributed by atoms with Crippen molar-refractivity contribution in [3.05, 3.63) is 0 Å². The van der Waals surface area contributed by atoms with Crippen molar-refractivity contribution in [1.82, 2.24) is 0 Å². The number of carboxylic acid groups (broad SMARTS) is 1. The molecule has 0 spiro atoms. The maximum absolute atomic E-state index is 10.4. The zero-order valence-electron chi connectivity index (χ0n) is 6.73. The Balaban J connectivity index is 3.38. The summed E-state index contributed by atoms with van der Waals surface area (Å²) in [4.78, 5) is 10.4. The quantitative estimate of drug-likeness (QED) is 0.512. The highest BCUT2D eigenvalue weighted by Gasteiger charge is 2.16. The first-order valence-corrected chi connectivity index (χ1v) is 7.22. The van der Waals surface area contributed by atoms with E-state index in [0.717, 1.165) is 12.2 Å². The van der Waals surface area contributed by atoms with E-state index in [1.165, 1.54) is 20.6 Å². The summed E-state index contributed by atoms with van der Waals surface area (Å²) in [7, 11) is 4.25. The van der Waals surface area contributed by atoms with Crippen LogP contribution in [0.25, 0.3) is 0 Å². The van der Waals surface area contributed by atoms with Crippen LogP contribution in [0.2, 0.25) is 0 Å². The molecule has 0 aliphatic heterocycles. The molecule has 0 saturated heterocycles. The van der Waals surface area contributed by atoms with Crippen molar-refractivity contribution >= 4 is 37.4 Å². The summed E-state index contributed by atoms with van der Waals surface area (Å²) in [6.07, 6.45) is 1.08. The van der Waals surface area contributed by atoms with Gasteiger partial charge in [0.2, 0.25) is 0 Å². The third-order valence-corrected chi connectivity index (χ3v) is 5.56. The van der Waals surface area contributed by atoms with E-state index in [2.05, 4.69) is 6.92 Å². The summed E-state index contributed by atoms with van der Waals surface area (Å²) in [5, 5.41) is 16.5. The summed E-state index contributed by atoms with van der Waals surface area (Å²) in [6, 6.07) is 0. The van der Waals surface area contributed by atoms with Gasteiger partial charge in [-0.2, -0.15) is 0 Å². The molecule has 72 valence electrons. The largest absolute Gasteiger partial charge is 0.480 e. The molecule has 0 bridgehead atoms. The van der Waals surface area contributed by atoms with Gasteiger partial charge in [-0.3, -0.25) is 4.79 Å². The third-order valence-electron chi connectivity index (χ3n) is 0.932. The minimum Gasteiger partial charge on any atom is -0.480 e. The summed E-state index contributed by atoms with van der Waals surface area (Å²) in [5.41, 5.74) is 0. The lowest BCUT2D eigenvalue weighted by Crippen LogP contribution is -2.19. The summed E-state index contributed by atoms with van der Waals surface area (Å²) < 4.78 is 0. The van der Waals surface area contributed by atoms with Gasteiger partial charge in [-0.05, 0) is 16.2 Å². The summed E-state index contributed by atoms with van der Waals surface area (Å²) in [5.74, 6) is 0.0576. The number of hydrogen-bond donors (Lipinski definition) is 2. The van der Waals surface area contributed by atoms with Crippen LogP contribution in [0.3, 0.4) is 0 Å². The Labute approximate surface area is 83.5 Å². The Kier molecular flexibility index (Phi) is 8.42. The van der Waals surface area contributed by atoms with Gasteiger partial charge in [0, 0.05) is 5.75 Å². The lowest BCUT2D eigenvalue weighted by molar-refractivity contribution is -0.137. The third kappa shape index (κ3) is 6.05. The molecule has 0 amide bonds. The number of rotatable bonds is 7. The van der Waals surface area contributed by atoms with E-state index in [4.69, 9.17) is 10.2 Å². The van der Waals surface area contributed by atoms with Crippen molar-refractivity contribution in [2.24, 2.45) is 0 Å². The van der Waals surface area contributed by atoms with Crippen molar-refractivity contribution in [3.63, 3.8) is 0 Å². The molecular weight excluding hydrogens is 216 g/mol. The molecule has 0 aromatic heterocycles. The number of hydrogen-bond acceptors (Lipinski definition) is 5. The highest BCUT2D eigenvalue weighted by molar-refractivity contribution is 9.09. The van der Waals surface area contributed by atoms with E-state index in [1.807, 2.05) is 0 Å². The van der Waals surface area contributed by atoms with Gasteiger partial charge in [0.15, 0.2) is 0 Å². The first kappa shape index (κ1) is 12.5. The van der Waals surface area contributed by atoms with E-state index in [0.29, 0.717) is 0 Å². The Bertz CT molecular complexity index is 131. The molecule has 3 nitrogen and oxygen atoms in total. The van der Waals surface area contributed by atoms with Gasteiger partial charge in [0.05, 0.1) is 6.61 Å². The SMILES string of the molecule is CCCSSSC(CO)C(=O)O. The van der Waals surface area contributed by atoms with E-state index in [-0.39, 0.29) is 6.61 Å². The lowest BCUT2D eigenvalue weighted by atomic mass is 10.5. The molecule has 2 N–H and O–H groups in total. The fourth-order valence-corrected chi connectivity index (χ4v) is 4.42. The molecule has 0 aliphatic rings. The Morgan fingerprint density at radius 3 is 2.67 bits per heavy atom. The summed E-state index contributed by atoms with van der Waals surface area (Å²) in [6.45, 7) is 1.76. The monoisotopic (exact) mass is 228 g/mol. The molecule has 0 heterocycles. The zero-order chi connectivity index (χ0) is 9.40. The fourth-order valence-electron chi connectivity index (χ4n) is 0.342. The molecule has 0 radical (unpaired) electrons. The van der Waals surface area contributed by atoms with Crippen molar-refractivity contribution in [1.29, 1.82) is 0 Å². The minimum atomic E-state index is -0.952. The number of aliphatic carboxylic acids is 1. The highest BCUT2D eigenvalue weighted by Crippen LogP contribution is 2.37. The van der Waals surface area contributed by atoms with Crippen LogP contribution in [0, 0.1) is 0 Å². The number of aliphatic hydroxyl groups excluding tert-OH is 1. The molecule has 0 saturated carbocycles. The van der Waals surface area contributed by atoms with Crippen LogP contribution in [0.1, 0.15) is 13.3 Å². The van der Waals surface area contributed by atoms with Crippen LogP contribution >= 0.6 is 31.4 Å². The van der Waals surface area contributed by atoms with E-state index < -0.39 is 11.2 Å². The lowest BCUT2D eigenvalue weighted by Gasteiger charge is -2.05. The molecule has 0 aliphatic carbocycles. The van der Waals surface area contributed by atoms with Crippen LogP contribution in [0.15, 0.2) is 0 Å². The normalized spacial score (nSPS) is 12.8. The van der Waals surface area contributed by atoms with Crippen LogP contribution in [0.5, 0.6) is 0 Å². The molecule has 0 fully saturated rings. The van der Waals surface area contributed by atoms with Crippen molar-refractivity contribution < 1.29 is 15.0 Å². The second-order valence-electron chi connectivity index (χ2n) is 2.00. The maximum Gasteiger partial charge on any atom is 0.319 e. The fraction of sp³-hybridized carbons (Fsp3) is 0.833. The number of aliphatic hydroxyl groups is 1. The van der Waals surface area contributed by atoms with Crippen molar-refractivity contribution in [2.45, 2.75) is 18.6 Å². The molecule has 1 unspecified atom stereocenters. The van der Waals surface area contributed by atoms with Gasteiger partial charge < -0.3 is 10.2 Å². The topological polar surface area (TPSA) is 57.5 Å². The zero-order valence-corrected chi connectivity index (χ0v) is 9.18. The van der Waals surface area contributed by atoms with Crippen LogP contribution in [-0.4, -0.2) is 33.8 Å². The van der Waals surface area contributed by atoms with Gasteiger partial charge in [-0.25, -0.2) is 0 Å². The molecule has 1 atom stereocenters. The smallest absolute Gasteiger partial charge is 0.319 e. The molecule has 0 aromatic rings. The average molecular weight is 228 g/mol. The maximum atomic E-state index is 10.4. The van der Waals surface area contributed by atoms with Crippen LogP contribution < -0.4 is 0 Å². The van der Waals surface area contributed by atoms with Gasteiger partial charge in [-0.1, -0.05) is 28.5 Å². The number of carbonyl (C=O) groups is 1. The molecule has 12 heavy (non-hydrogen) atoms. The Hall–Kier alpha value is 0.480. The Morgan fingerprint density at radius 1 is 1.58 bits per heavy atom.